The van der Waals surface area contributed by atoms with Gasteiger partial charge in [0, 0.05) is 18.7 Å². The van der Waals surface area contributed by atoms with Crippen molar-refractivity contribution in [3.05, 3.63) is 5.89 Å². The predicted molar refractivity (Wildman–Crippen MR) is 62.1 cm³/mol. The molecule has 0 amide bonds. The first-order chi connectivity index (χ1) is 7.08. The van der Waals surface area contributed by atoms with Crippen molar-refractivity contribution in [3.63, 3.8) is 0 Å². The van der Waals surface area contributed by atoms with Crippen LogP contribution in [0.3, 0.4) is 0 Å². The fraction of sp³-hybridized carbons (Fsp3) is 0.800. The lowest BCUT2D eigenvalue weighted by Crippen LogP contribution is -2.26. The van der Waals surface area contributed by atoms with Crippen molar-refractivity contribution in [1.82, 2.24) is 15.5 Å². The Morgan fingerprint density at radius 2 is 2.00 bits per heavy atom. The third kappa shape index (κ3) is 5.18. The lowest BCUT2D eigenvalue weighted by atomic mass is 10.2. The van der Waals surface area contributed by atoms with E-state index in [1.807, 2.05) is 0 Å². The Labute approximate surface area is 95.2 Å². The number of hydrogen-bond donors (Lipinski definition) is 1. The van der Waals surface area contributed by atoms with Gasteiger partial charge in [-0.1, -0.05) is 32.5 Å². The van der Waals surface area contributed by atoms with E-state index in [2.05, 4.69) is 36.3 Å². The van der Waals surface area contributed by atoms with Gasteiger partial charge in [-0.25, -0.2) is 0 Å². The zero-order valence-electron chi connectivity index (χ0n) is 9.78. The molecule has 1 rings (SSSR count). The van der Waals surface area contributed by atoms with Crippen LogP contribution in [0.5, 0.6) is 0 Å². The van der Waals surface area contributed by atoms with E-state index in [1.165, 1.54) is 0 Å². The second-order valence-electron chi connectivity index (χ2n) is 4.07. The highest BCUT2D eigenvalue weighted by Crippen LogP contribution is 2.20. The van der Waals surface area contributed by atoms with Gasteiger partial charge < -0.3 is 9.73 Å². The molecule has 0 aliphatic heterocycles. The topological polar surface area (TPSA) is 51.0 Å². The third-order valence-corrected chi connectivity index (χ3v) is 2.73. The van der Waals surface area contributed by atoms with E-state index in [0.717, 1.165) is 13.1 Å². The molecule has 1 atom stereocenters. The molecule has 0 radical (unpaired) electrons. The number of nitrogens with one attached hydrogen (secondary N) is 1. The number of thioether (sulfide) groups is 1. The van der Waals surface area contributed by atoms with Crippen molar-refractivity contribution in [3.8, 4) is 0 Å². The molecule has 1 unspecified atom stereocenters. The van der Waals surface area contributed by atoms with Gasteiger partial charge in [0.1, 0.15) is 0 Å². The molecule has 0 aliphatic carbocycles. The predicted octanol–water partition coefficient (Wildman–Crippen LogP) is 2.10. The fourth-order valence-electron chi connectivity index (χ4n) is 1.12. The van der Waals surface area contributed by atoms with Gasteiger partial charge in [0.15, 0.2) is 0 Å². The van der Waals surface area contributed by atoms with Crippen molar-refractivity contribution in [2.45, 2.75) is 38.2 Å². The summed E-state index contributed by atoms with van der Waals surface area (Å²) >= 11 is 1.61. The molecule has 0 saturated carbocycles. The maximum Gasteiger partial charge on any atom is 0.276 e. The van der Waals surface area contributed by atoms with Crippen molar-refractivity contribution in [2.75, 3.05) is 13.1 Å². The van der Waals surface area contributed by atoms with E-state index >= 15 is 0 Å². The summed E-state index contributed by atoms with van der Waals surface area (Å²) in [5, 5.41) is 12.2. The number of aromatic nitrogens is 2. The van der Waals surface area contributed by atoms with E-state index in [4.69, 9.17) is 4.42 Å². The third-order valence-electron chi connectivity index (χ3n) is 1.79. The maximum atomic E-state index is 5.29. The Balaban J connectivity index is 2.21. The highest BCUT2D eigenvalue weighted by Gasteiger charge is 2.09. The van der Waals surface area contributed by atoms with Crippen LogP contribution < -0.4 is 5.32 Å². The largest absolute Gasteiger partial charge is 0.416 e. The van der Waals surface area contributed by atoms with Crippen LogP contribution in [0, 0.1) is 12.8 Å². The number of hydrogen-bond acceptors (Lipinski definition) is 5. The van der Waals surface area contributed by atoms with Crippen LogP contribution in [0.1, 0.15) is 26.7 Å². The molecule has 15 heavy (non-hydrogen) atoms. The van der Waals surface area contributed by atoms with Crippen molar-refractivity contribution < 1.29 is 4.42 Å². The van der Waals surface area contributed by atoms with E-state index in [9.17, 15) is 0 Å². The standard InChI is InChI=1S/C10H19N3OS/c1-7(2)5-11-6-8(3)15-10-13-12-9(4)14-10/h7-8,11H,5-6H2,1-4H3. The minimum atomic E-state index is 0.448. The Morgan fingerprint density at radius 1 is 1.27 bits per heavy atom. The molecule has 0 bridgehead atoms. The van der Waals surface area contributed by atoms with Gasteiger partial charge in [-0.05, 0) is 12.5 Å². The average molecular weight is 229 g/mol. The number of nitrogens with zero attached hydrogens (tertiary/aromatic N) is 2. The van der Waals surface area contributed by atoms with Gasteiger partial charge in [0.2, 0.25) is 5.89 Å². The summed E-state index contributed by atoms with van der Waals surface area (Å²) < 4.78 is 5.29. The van der Waals surface area contributed by atoms with E-state index in [0.29, 0.717) is 22.3 Å². The zero-order chi connectivity index (χ0) is 11.3. The van der Waals surface area contributed by atoms with Gasteiger partial charge in [-0.2, -0.15) is 0 Å². The van der Waals surface area contributed by atoms with E-state index in [1.54, 1.807) is 18.7 Å². The minimum Gasteiger partial charge on any atom is -0.416 e. The fourth-order valence-corrected chi connectivity index (χ4v) is 1.92. The summed E-state index contributed by atoms with van der Waals surface area (Å²) in [5.41, 5.74) is 0. The number of rotatable bonds is 6. The van der Waals surface area contributed by atoms with Crippen molar-refractivity contribution in [2.24, 2.45) is 5.92 Å². The van der Waals surface area contributed by atoms with E-state index in [-0.39, 0.29) is 0 Å². The van der Waals surface area contributed by atoms with Crippen LogP contribution in [0.25, 0.3) is 0 Å². The minimum absolute atomic E-state index is 0.448. The normalized spacial score (nSPS) is 13.4. The Morgan fingerprint density at radius 3 is 2.53 bits per heavy atom. The second-order valence-corrected chi connectivity index (χ2v) is 5.46. The summed E-state index contributed by atoms with van der Waals surface area (Å²) in [5.74, 6) is 1.31. The Hall–Kier alpha value is -0.550. The zero-order valence-corrected chi connectivity index (χ0v) is 10.6. The molecule has 0 aliphatic rings. The average Bonchev–Trinajstić information content (AvgIpc) is 2.50. The first-order valence-corrected chi connectivity index (χ1v) is 6.13. The molecule has 0 aromatic carbocycles. The molecular formula is C10H19N3OS. The lowest BCUT2D eigenvalue weighted by Gasteiger charge is -2.11. The molecule has 4 nitrogen and oxygen atoms in total. The van der Waals surface area contributed by atoms with Crippen LogP contribution in [0.4, 0.5) is 0 Å². The quantitative estimate of drug-likeness (QED) is 0.757. The van der Waals surface area contributed by atoms with Gasteiger partial charge in [0.25, 0.3) is 5.22 Å². The van der Waals surface area contributed by atoms with E-state index < -0.39 is 0 Å². The van der Waals surface area contributed by atoms with Gasteiger partial charge in [-0.15, -0.1) is 10.2 Å². The number of aryl methyl sites for hydroxylation is 1. The molecule has 1 heterocycles. The molecular weight excluding hydrogens is 210 g/mol. The highest BCUT2D eigenvalue weighted by atomic mass is 32.2. The van der Waals surface area contributed by atoms with Gasteiger partial charge in [-0.3, -0.25) is 0 Å². The van der Waals surface area contributed by atoms with Crippen LogP contribution in [-0.4, -0.2) is 28.5 Å². The first-order valence-electron chi connectivity index (χ1n) is 5.25. The van der Waals surface area contributed by atoms with Crippen molar-refractivity contribution >= 4 is 11.8 Å². The van der Waals surface area contributed by atoms with Crippen LogP contribution in [0.2, 0.25) is 0 Å². The van der Waals surface area contributed by atoms with Gasteiger partial charge >= 0.3 is 0 Å². The summed E-state index contributed by atoms with van der Waals surface area (Å²) in [7, 11) is 0. The van der Waals surface area contributed by atoms with Crippen LogP contribution in [-0.2, 0) is 0 Å². The Bertz CT molecular complexity index is 288. The molecule has 1 N–H and O–H groups in total. The molecule has 0 fully saturated rings. The van der Waals surface area contributed by atoms with Crippen molar-refractivity contribution in [1.29, 1.82) is 0 Å². The Kier molecular flexibility index (Phi) is 5.11. The monoisotopic (exact) mass is 229 g/mol. The smallest absolute Gasteiger partial charge is 0.276 e. The first kappa shape index (κ1) is 12.5. The summed E-state index contributed by atoms with van der Waals surface area (Å²) in [6.45, 7) is 10.4. The molecule has 86 valence electrons. The van der Waals surface area contributed by atoms with Crippen LogP contribution in [0.15, 0.2) is 9.64 Å². The molecule has 5 heteroatoms. The van der Waals surface area contributed by atoms with Crippen LogP contribution >= 0.6 is 11.8 Å². The SMILES string of the molecule is Cc1nnc(SC(C)CNCC(C)C)o1. The molecule has 0 saturated heterocycles. The summed E-state index contributed by atoms with van der Waals surface area (Å²) in [6.07, 6.45) is 0. The summed E-state index contributed by atoms with van der Waals surface area (Å²) in [4.78, 5) is 0. The maximum absolute atomic E-state index is 5.29. The summed E-state index contributed by atoms with van der Waals surface area (Å²) in [6, 6.07) is 0. The lowest BCUT2D eigenvalue weighted by molar-refractivity contribution is 0.428. The van der Waals surface area contributed by atoms with Gasteiger partial charge in [0.05, 0.1) is 0 Å². The highest BCUT2D eigenvalue weighted by molar-refractivity contribution is 7.99. The molecule has 1 aromatic rings. The molecule has 1 aromatic heterocycles. The second kappa shape index (κ2) is 6.12. The molecule has 0 spiro atoms.